The third kappa shape index (κ3) is 4.15. The zero-order chi connectivity index (χ0) is 17.6. The number of fused-ring (bicyclic) bond motifs is 1. The molecule has 0 bridgehead atoms. The molecule has 1 atom stereocenters. The summed E-state index contributed by atoms with van der Waals surface area (Å²) in [5.74, 6) is 0.437. The minimum absolute atomic E-state index is 0.221. The summed E-state index contributed by atoms with van der Waals surface area (Å²) in [5.41, 5.74) is 1.60. The van der Waals surface area contributed by atoms with Gasteiger partial charge in [0.1, 0.15) is 5.75 Å². The minimum Gasteiger partial charge on any atom is -0.481 e. The van der Waals surface area contributed by atoms with Crippen molar-refractivity contribution in [2.75, 3.05) is 5.32 Å². The molecule has 124 valence electrons. The molecule has 0 unspecified atom stereocenters. The molecule has 1 N–H and O–H groups in total. The molecule has 0 heterocycles. The first-order chi connectivity index (χ1) is 12.2. The van der Waals surface area contributed by atoms with E-state index >= 15 is 0 Å². The van der Waals surface area contributed by atoms with Crippen molar-refractivity contribution in [1.29, 1.82) is 5.26 Å². The van der Waals surface area contributed by atoms with E-state index in [1.54, 1.807) is 19.1 Å². The van der Waals surface area contributed by atoms with Crippen LogP contribution in [0.2, 0.25) is 0 Å². The molecule has 3 aromatic rings. The summed E-state index contributed by atoms with van der Waals surface area (Å²) in [6.07, 6.45) is -0.268. The summed E-state index contributed by atoms with van der Waals surface area (Å²) >= 11 is 0. The number of benzene rings is 3. The maximum Gasteiger partial charge on any atom is 0.265 e. The van der Waals surface area contributed by atoms with Gasteiger partial charge < -0.3 is 10.1 Å². The molecule has 3 rings (SSSR count). The fraction of sp³-hybridized carbons (Fsp3) is 0.143. The van der Waals surface area contributed by atoms with Gasteiger partial charge >= 0.3 is 0 Å². The van der Waals surface area contributed by atoms with Gasteiger partial charge in [-0.2, -0.15) is 5.26 Å². The van der Waals surface area contributed by atoms with Crippen molar-refractivity contribution >= 4 is 22.4 Å². The smallest absolute Gasteiger partial charge is 0.265 e. The monoisotopic (exact) mass is 330 g/mol. The van der Waals surface area contributed by atoms with Crippen molar-refractivity contribution in [2.24, 2.45) is 0 Å². The van der Waals surface area contributed by atoms with Gasteiger partial charge in [0.15, 0.2) is 6.10 Å². The Balaban J connectivity index is 1.64. The molecule has 1 amide bonds. The van der Waals surface area contributed by atoms with E-state index in [9.17, 15) is 4.79 Å². The Morgan fingerprint density at radius 1 is 1.08 bits per heavy atom. The summed E-state index contributed by atoms with van der Waals surface area (Å²) in [6.45, 7) is 1.72. The number of hydrogen-bond donors (Lipinski definition) is 1. The number of nitriles is 1. The molecule has 0 aromatic heterocycles. The van der Waals surface area contributed by atoms with Gasteiger partial charge in [0.25, 0.3) is 5.91 Å². The van der Waals surface area contributed by atoms with Crippen molar-refractivity contribution in [2.45, 2.75) is 19.4 Å². The van der Waals surface area contributed by atoms with E-state index in [0.29, 0.717) is 17.9 Å². The van der Waals surface area contributed by atoms with E-state index < -0.39 is 6.10 Å². The van der Waals surface area contributed by atoms with Crippen LogP contribution in [-0.4, -0.2) is 12.0 Å². The van der Waals surface area contributed by atoms with Gasteiger partial charge in [-0.05, 0) is 47.5 Å². The maximum atomic E-state index is 12.3. The molecular formula is C21H18N2O2. The van der Waals surface area contributed by atoms with Crippen LogP contribution in [0.3, 0.4) is 0 Å². The second kappa shape index (κ2) is 7.50. The molecule has 25 heavy (non-hydrogen) atoms. The SMILES string of the molecule is C[C@H](Oc1ccc2ccccc2c1)C(=O)Nc1ccc(CC#N)cc1. The zero-order valence-corrected chi connectivity index (χ0v) is 13.9. The average molecular weight is 330 g/mol. The van der Waals surface area contributed by atoms with Gasteiger partial charge in [0, 0.05) is 5.69 Å². The van der Waals surface area contributed by atoms with Crippen molar-refractivity contribution in [1.82, 2.24) is 0 Å². The first-order valence-electron chi connectivity index (χ1n) is 8.08. The third-order valence-electron chi connectivity index (χ3n) is 3.91. The highest BCUT2D eigenvalue weighted by Gasteiger charge is 2.15. The Labute approximate surface area is 146 Å². The number of amides is 1. The van der Waals surface area contributed by atoms with Crippen LogP contribution < -0.4 is 10.1 Å². The fourth-order valence-electron chi connectivity index (χ4n) is 2.54. The van der Waals surface area contributed by atoms with E-state index in [1.807, 2.05) is 54.6 Å². The highest BCUT2D eigenvalue weighted by atomic mass is 16.5. The molecule has 0 aliphatic carbocycles. The van der Waals surface area contributed by atoms with Gasteiger partial charge in [-0.1, -0.05) is 42.5 Å². The molecule has 0 radical (unpaired) electrons. The molecule has 0 saturated heterocycles. The summed E-state index contributed by atoms with van der Waals surface area (Å²) in [4.78, 5) is 12.3. The van der Waals surface area contributed by atoms with Crippen molar-refractivity contribution in [3.63, 3.8) is 0 Å². The normalized spacial score (nSPS) is 11.5. The molecule has 0 aliphatic rings. The lowest BCUT2D eigenvalue weighted by atomic mass is 10.1. The maximum absolute atomic E-state index is 12.3. The Hall–Kier alpha value is -3.32. The average Bonchev–Trinajstić information content (AvgIpc) is 2.63. The number of nitrogens with zero attached hydrogens (tertiary/aromatic N) is 1. The second-order valence-corrected chi connectivity index (χ2v) is 5.79. The van der Waals surface area contributed by atoms with Crippen LogP contribution in [0, 0.1) is 11.3 Å². The van der Waals surface area contributed by atoms with E-state index in [4.69, 9.17) is 10.00 Å². The lowest BCUT2D eigenvalue weighted by molar-refractivity contribution is -0.122. The lowest BCUT2D eigenvalue weighted by Gasteiger charge is -2.15. The quantitative estimate of drug-likeness (QED) is 0.758. The van der Waals surface area contributed by atoms with Crippen LogP contribution in [-0.2, 0) is 11.2 Å². The van der Waals surface area contributed by atoms with Crippen molar-refractivity contribution in [3.8, 4) is 11.8 Å². The van der Waals surface area contributed by atoms with E-state index in [0.717, 1.165) is 16.3 Å². The Bertz CT molecular complexity index is 927. The van der Waals surface area contributed by atoms with Crippen molar-refractivity contribution in [3.05, 3.63) is 72.3 Å². The van der Waals surface area contributed by atoms with E-state index in [-0.39, 0.29) is 5.91 Å². The number of carbonyl (C=O) groups is 1. The number of ether oxygens (including phenoxy) is 1. The van der Waals surface area contributed by atoms with Crippen molar-refractivity contribution < 1.29 is 9.53 Å². The molecule has 0 spiro atoms. The Kier molecular flexibility index (Phi) is 4.96. The van der Waals surface area contributed by atoms with Gasteiger partial charge in [-0.25, -0.2) is 0 Å². The van der Waals surface area contributed by atoms with Gasteiger partial charge in [0.05, 0.1) is 12.5 Å². The predicted molar refractivity (Wildman–Crippen MR) is 98.4 cm³/mol. The van der Waals surface area contributed by atoms with E-state index in [2.05, 4.69) is 11.4 Å². The minimum atomic E-state index is -0.625. The molecule has 0 aliphatic heterocycles. The Morgan fingerprint density at radius 2 is 1.80 bits per heavy atom. The first-order valence-corrected chi connectivity index (χ1v) is 8.08. The summed E-state index contributed by atoms with van der Waals surface area (Å²) < 4.78 is 5.76. The fourth-order valence-corrected chi connectivity index (χ4v) is 2.54. The zero-order valence-electron chi connectivity index (χ0n) is 13.9. The van der Waals surface area contributed by atoms with Crippen LogP contribution in [0.5, 0.6) is 5.75 Å². The van der Waals surface area contributed by atoms with Crippen LogP contribution >= 0.6 is 0 Å². The van der Waals surface area contributed by atoms with Gasteiger partial charge in [0.2, 0.25) is 0 Å². The standard InChI is InChI=1S/C21H18N2O2/c1-15(21(24)23-19-9-6-16(7-10-19)12-13-22)25-20-11-8-17-4-2-3-5-18(17)14-20/h2-11,14-15H,12H2,1H3,(H,23,24)/t15-/m0/s1. The van der Waals surface area contributed by atoms with Crippen LogP contribution in [0.1, 0.15) is 12.5 Å². The first kappa shape index (κ1) is 16.5. The highest BCUT2D eigenvalue weighted by molar-refractivity contribution is 5.94. The highest BCUT2D eigenvalue weighted by Crippen LogP contribution is 2.21. The molecule has 4 heteroatoms. The van der Waals surface area contributed by atoms with E-state index in [1.165, 1.54) is 0 Å². The van der Waals surface area contributed by atoms with Gasteiger partial charge in [-0.15, -0.1) is 0 Å². The number of carbonyl (C=O) groups excluding carboxylic acids is 1. The summed E-state index contributed by atoms with van der Waals surface area (Å²) in [7, 11) is 0. The molecule has 0 fully saturated rings. The number of rotatable bonds is 5. The summed E-state index contributed by atoms with van der Waals surface area (Å²) in [6, 6.07) is 23.1. The largest absolute Gasteiger partial charge is 0.481 e. The molecule has 3 aromatic carbocycles. The molecule has 0 saturated carbocycles. The molecule has 4 nitrogen and oxygen atoms in total. The number of nitrogens with one attached hydrogen (secondary N) is 1. The number of hydrogen-bond acceptors (Lipinski definition) is 3. The number of anilines is 1. The second-order valence-electron chi connectivity index (χ2n) is 5.79. The topological polar surface area (TPSA) is 62.1 Å². The van der Waals surface area contributed by atoms with Crippen LogP contribution in [0.25, 0.3) is 10.8 Å². The summed E-state index contributed by atoms with van der Waals surface area (Å²) in [5, 5.41) is 13.7. The molecular weight excluding hydrogens is 312 g/mol. The van der Waals surface area contributed by atoms with Crippen LogP contribution in [0.15, 0.2) is 66.7 Å². The Morgan fingerprint density at radius 3 is 2.52 bits per heavy atom. The predicted octanol–water partition coefficient (Wildman–Crippen LogP) is 4.31. The lowest BCUT2D eigenvalue weighted by Crippen LogP contribution is -2.30. The van der Waals surface area contributed by atoms with Crippen LogP contribution in [0.4, 0.5) is 5.69 Å². The third-order valence-corrected chi connectivity index (χ3v) is 3.91. The van der Waals surface area contributed by atoms with Gasteiger partial charge in [-0.3, -0.25) is 4.79 Å².